The normalized spacial score (nSPS) is 27.6. The highest BCUT2D eigenvalue weighted by molar-refractivity contribution is 5.91. The van der Waals surface area contributed by atoms with Crippen molar-refractivity contribution in [2.24, 2.45) is 11.8 Å². The largest absolute Gasteiger partial charge is 0.454 e. The highest BCUT2D eigenvalue weighted by Crippen LogP contribution is 2.38. The van der Waals surface area contributed by atoms with Crippen LogP contribution in [0.3, 0.4) is 0 Å². The molecule has 27 heavy (non-hydrogen) atoms. The van der Waals surface area contributed by atoms with Crippen molar-refractivity contribution < 1.29 is 14.0 Å². The number of hydrogen-bond donors (Lipinski definition) is 0. The van der Waals surface area contributed by atoms with Crippen LogP contribution in [0.1, 0.15) is 42.0 Å². The minimum Gasteiger partial charge on any atom is -0.454 e. The zero-order chi connectivity index (χ0) is 18.4. The first-order valence-electron chi connectivity index (χ1n) is 9.80. The van der Waals surface area contributed by atoms with E-state index in [4.69, 9.17) is 4.42 Å². The quantitative estimate of drug-likeness (QED) is 0.831. The molecule has 2 unspecified atom stereocenters. The van der Waals surface area contributed by atoms with E-state index in [9.17, 15) is 9.59 Å². The molecule has 0 radical (unpaired) electrons. The second kappa shape index (κ2) is 6.55. The SMILES string of the molecule is O=C(c1ccc(Cn2ccnc2)o1)N1CC2CC(C1)[C@H]1CCCC(=O)N1C2. The summed E-state index contributed by atoms with van der Waals surface area (Å²) in [5, 5.41) is 0. The van der Waals surface area contributed by atoms with Crippen LogP contribution in [0.5, 0.6) is 0 Å². The third-order valence-electron chi connectivity index (χ3n) is 6.24. The fraction of sp³-hybridized carbons (Fsp3) is 0.550. The zero-order valence-electron chi connectivity index (χ0n) is 15.3. The molecule has 0 aromatic carbocycles. The molecule has 7 heteroatoms. The van der Waals surface area contributed by atoms with E-state index in [1.165, 1.54) is 0 Å². The lowest BCUT2D eigenvalue weighted by molar-refractivity contribution is -0.144. The number of carbonyl (C=O) groups excluding carboxylic acids is 2. The maximum atomic E-state index is 13.0. The van der Waals surface area contributed by atoms with Gasteiger partial charge in [-0.15, -0.1) is 0 Å². The molecule has 3 aliphatic heterocycles. The van der Waals surface area contributed by atoms with E-state index in [0.29, 0.717) is 49.1 Å². The molecule has 5 rings (SSSR count). The first kappa shape index (κ1) is 16.6. The van der Waals surface area contributed by atoms with E-state index in [1.54, 1.807) is 18.6 Å². The van der Waals surface area contributed by atoms with Crippen LogP contribution < -0.4 is 0 Å². The maximum absolute atomic E-state index is 13.0. The number of imidazole rings is 1. The van der Waals surface area contributed by atoms with Crippen LogP contribution in [-0.2, 0) is 11.3 Å². The molecule has 5 heterocycles. The molecule has 0 spiro atoms. The first-order valence-corrected chi connectivity index (χ1v) is 9.80. The summed E-state index contributed by atoms with van der Waals surface area (Å²) in [6.45, 7) is 2.80. The van der Waals surface area contributed by atoms with Crippen molar-refractivity contribution in [3.63, 3.8) is 0 Å². The van der Waals surface area contributed by atoms with Crippen LogP contribution in [0.15, 0.2) is 35.3 Å². The zero-order valence-corrected chi connectivity index (χ0v) is 15.3. The Balaban J connectivity index is 1.29. The minimum atomic E-state index is -0.0304. The van der Waals surface area contributed by atoms with Gasteiger partial charge in [-0.3, -0.25) is 9.59 Å². The van der Waals surface area contributed by atoms with Gasteiger partial charge in [0.1, 0.15) is 5.76 Å². The van der Waals surface area contributed by atoms with Gasteiger partial charge in [-0.25, -0.2) is 4.98 Å². The first-order chi connectivity index (χ1) is 13.2. The van der Waals surface area contributed by atoms with Gasteiger partial charge in [-0.1, -0.05) is 0 Å². The Bertz CT molecular complexity index is 843. The summed E-state index contributed by atoms with van der Waals surface area (Å²) in [6, 6.07) is 3.95. The smallest absolute Gasteiger partial charge is 0.289 e. The number of carbonyl (C=O) groups is 2. The average molecular weight is 368 g/mol. The molecule has 7 nitrogen and oxygen atoms in total. The molecule has 142 valence electrons. The Morgan fingerprint density at radius 1 is 1.26 bits per heavy atom. The van der Waals surface area contributed by atoms with Gasteiger partial charge >= 0.3 is 0 Å². The summed E-state index contributed by atoms with van der Waals surface area (Å²) in [5.74, 6) is 2.20. The van der Waals surface area contributed by atoms with E-state index in [2.05, 4.69) is 9.88 Å². The van der Waals surface area contributed by atoms with Gasteiger partial charge in [-0.2, -0.15) is 0 Å². The molecule has 3 atom stereocenters. The molecule has 0 saturated carbocycles. The van der Waals surface area contributed by atoms with Gasteiger partial charge in [0.15, 0.2) is 5.76 Å². The summed E-state index contributed by atoms with van der Waals surface area (Å²) < 4.78 is 7.72. The van der Waals surface area contributed by atoms with Gasteiger partial charge in [0.2, 0.25) is 5.91 Å². The van der Waals surface area contributed by atoms with Gasteiger partial charge in [0.25, 0.3) is 5.91 Å². The number of amides is 2. The number of piperidine rings is 3. The topological polar surface area (TPSA) is 71.6 Å². The van der Waals surface area contributed by atoms with Crippen LogP contribution >= 0.6 is 0 Å². The van der Waals surface area contributed by atoms with E-state index >= 15 is 0 Å². The maximum Gasteiger partial charge on any atom is 0.289 e. The van der Waals surface area contributed by atoms with Crippen LogP contribution in [0.4, 0.5) is 0 Å². The number of likely N-dealkylation sites (tertiary alicyclic amines) is 1. The summed E-state index contributed by atoms with van der Waals surface area (Å²) in [5.41, 5.74) is 0. The monoisotopic (exact) mass is 368 g/mol. The van der Waals surface area contributed by atoms with Crippen LogP contribution in [0, 0.1) is 11.8 Å². The molecule has 0 N–H and O–H groups in total. The fourth-order valence-electron chi connectivity index (χ4n) is 5.07. The summed E-state index contributed by atoms with van der Waals surface area (Å²) in [7, 11) is 0. The van der Waals surface area contributed by atoms with E-state index in [-0.39, 0.29) is 5.91 Å². The van der Waals surface area contributed by atoms with Crippen LogP contribution in [0.25, 0.3) is 0 Å². The lowest BCUT2D eigenvalue weighted by Crippen LogP contribution is -2.61. The summed E-state index contributed by atoms with van der Waals surface area (Å²) >= 11 is 0. The molecule has 2 aromatic heterocycles. The number of furan rings is 1. The highest BCUT2D eigenvalue weighted by Gasteiger charge is 2.45. The third kappa shape index (κ3) is 3.05. The van der Waals surface area contributed by atoms with E-state index in [1.807, 2.05) is 21.7 Å². The lowest BCUT2D eigenvalue weighted by Gasteiger charge is -2.52. The molecule has 3 saturated heterocycles. The number of fused-ring (bicyclic) bond motifs is 4. The molecular weight excluding hydrogens is 344 g/mol. The Kier molecular flexibility index (Phi) is 4.02. The Labute approximate surface area is 157 Å². The number of nitrogens with zero attached hydrogens (tertiary/aromatic N) is 4. The molecule has 3 fully saturated rings. The van der Waals surface area contributed by atoms with Gasteiger partial charge in [0, 0.05) is 44.5 Å². The van der Waals surface area contributed by atoms with E-state index < -0.39 is 0 Å². The molecule has 0 aliphatic carbocycles. The van der Waals surface area contributed by atoms with Crippen molar-refractivity contribution in [1.82, 2.24) is 19.4 Å². The van der Waals surface area contributed by atoms with Crippen LogP contribution in [-0.4, -0.2) is 56.8 Å². The van der Waals surface area contributed by atoms with Crippen molar-refractivity contribution in [1.29, 1.82) is 0 Å². The molecule has 2 bridgehead atoms. The average Bonchev–Trinajstić information content (AvgIpc) is 3.34. The number of aromatic nitrogens is 2. The van der Waals surface area contributed by atoms with Crippen molar-refractivity contribution in [2.45, 2.75) is 38.3 Å². The Morgan fingerprint density at radius 2 is 2.19 bits per heavy atom. The van der Waals surface area contributed by atoms with Gasteiger partial charge in [-0.05, 0) is 43.2 Å². The Hall–Kier alpha value is -2.57. The van der Waals surface area contributed by atoms with Gasteiger partial charge < -0.3 is 18.8 Å². The van der Waals surface area contributed by atoms with Crippen molar-refractivity contribution in [3.8, 4) is 0 Å². The molecule has 2 amide bonds. The van der Waals surface area contributed by atoms with E-state index in [0.717, 1.165) is 38.1 Å². The minimum absolute atomic E-state index is 0.0304. The Morgan fingerprint density at radius 3 is 3.04 bits per heavy atom. The predicted octanol–water partition coefficient (Wildman–Crippen LogP) is 2.00. The standard InChI is InChI=1S/C20H24N4O3/c25-19-3-1-2-17-15-8-14(10-24(17)19)9-23(11-15)20(26)18-5-4-16(27-18)12-22-7-6-21-13-22/h4-7,13-15,17H,1-3,8-12H2/t14?,15?,17-/m1/s1. The molecule has 2 aromatic rings. The van der Waals surface area contributed by atoms with Crippen molar-refractivity contribution in [3.05, 3.63) is 42.4 Å². The number of hydrogen-bond acceptors (Lipinski definition) is 4. The lowest BCUT2D eigenvalue weighted by atomic mass is 9.76. The molecular formula is C20H24N4O3. The summed E-state index contributed by atoms with van der Waals surface area (Å²) in [6.07, 6.45) is 9.18. The second-order valence-corrected chi connectivity index (χ2v) is 8.08. The third-order valence-corrected chi connectivity index (χ3v) is 6.24. The fourth-order valence-corrected chi connectivity index (χ4v) is 5.07. The van der Waals surface area contributed by atoms with Crippen molar-refractivity contribution >= 4 is 11.8 Å². The predicted molar refractivity (Wildman–Crippen MR) is 96.9 cm³/mol. The number of rotatable bonds is 3. The van der Waals surface area contributed by atoms with Crippen LogP contribution in [0.2, 0.25) is 0 Å². The highest BCUT2D eigenvalue weighted by atomic mass is 16.4. The van der Waals surface area contributed by atoms with Crippen molar-refractivity contribution in [2.75, 3.05) is 19.6 Å². The summed E-state index contributed by atoms with van der Waals surface area (Å²) in [4.78, 5) is 33.3. The van der Waals surface area contributed by atoms with Gasteiger partial charge in [0.05, 0.1) is 12.9 Å². The molecule has 3 aliphatic rings. The second-order valence-electron chi connectivity index (χ2n) is 8.08.